The van der Waals surface area contributed by atoms with E-state index in [4.69, 9.17) is 5.11 Å². The first-order valence-corrected chi connectivity index (χ1v) is 5.63. The van der Waals surface area contributed by atoms with Crippen molar-refractivity contribution in [2.24, 2.45) is 5.92 Å². The van der Waals surface area contributed by atoms with Crippen LogP contribution in [0.15, 0.2) is 0 Å². The molecule has 2 aliphatic rings. The van der Waals surface area contributed by atoms with Crippen LogP contribution in [0.3, 0.4) is 0 Å². The van der Waals surface area contributed by atoms with E-state index in [1.807, 2.05) is 7.05 Å². The van der Waals surface area contributed by atoms with E-state index in [-0.39, 0.29) is 13.5 Å². The second-order valence-corrected chi connectivity index (χ2v) is 4.86. The first-order valence-electron chi connectivity index (χ1n) is 5.63. The zero-order valence-electron chi connectivity index (χ0n) is 9.74. The lowest BCUT2D eigenvalue weighted by Gasteiger charge is -2.03. The molecular formula is C12H28N2O. The minimum absolute atomic E-state index is 0. The molecule has 0 spiro atoms. The smallest absolute Gasteiger partial charge is 0.0679 e. The number of likely N-dealkylation sites (N-methyl/N-ethyl adjacent to an activating group) is 1. The Morgan fingerprint density at radius 2 is 1.53 bits per heavy atom. The highest BCUT2D eigenvalue weighted by Gasteiger charge is 2.15. The molecule has 2 rings (SSSR count). The van der Waals surface area contributed by atoms with E-state index in [1.54, 1.807) is 0 Å². The van der Waals surface area contributed by atoms with E-state index >= 15 is 0 Å². The summed E-state index contributed by atoms with van der Waals surface area (Å²) in [7, 11) is 4.21. The largest absolute Gasteiger partial charge is 0.392 e. The Morgan fingerprint density at radius 1 is 1.00 bits per heavy atom. The van der Waals surface area contributed by atoms with Gasteiger partial charge in [0.15, 0.2) is 0 Å². The SMILES string of the molecule is C.CC1CCN(C)C1.CN1CCC(O)C1. The van der Waals surface area contributed by atoms with Gasteiger partial charge in [-0.3, -0.25) is 0 Å². The molecule has 92 valence electrons. The van der Waals surface area contributed by atoms with Gasteiger partial charge in [-0.2, -0.15) is 0 Å². The Bertz CT molecular complexity index is 130. The average Bonchev–Trinajstić information content (AvgIpc) is 2.63. The molecule has 3 heteroatoms. The molecule has 2 fully saturated rings. The fraction of sp³-hybridized carbons (Fsp3) is 1.00. The highest BCUT2D eigenvalue weighted by atomic mass is 16.3. The fourth-order valence-corrected chi connectivity index (χ4v) is 2.07. The lowest BCUT2D eigenvalue weighted by Crippen LogP contribution is -2.15. The molecule has 0 saturated carbocycles. The highest BCUT2D eigenvalue weighted by Crippen LogP contribution is 2.11. The molecule has 15 heavy (non-hydrogen) atoms. The zero-order valence-corrected chi connectivity index (χ0v) is 9.74. The summed E-state index contributed by atoms with van der Waals surface area (Å²) in [5.74, 6) is 0.949. The molecular weight excluding hydrogens is 188 g/mol. The van der Waals surface area contributed by atoms with E-state index in [1.165, 1.54) is 19.5 Å². The minimum atomic E-state index is -0.0509. The molecule has 0 aromatic carbocycles. The predicted molar refractivity (Wildman–Crippen MR) is 66.1 cm³/mol. The molecule has 2 heterocycles. The predicted octanol–water partition coefficient (Wildman–Crippen LogP) is 1.28. The van der Waals surface area contributed by atoms with Crippen LogP contribution in [0.25, 0.3) is 0 Å². The molecule has 1 N–H and O–H groups in total. The van der Waals surface area contributed by atoms with Gasteiger partial charge in [-0.15, -0.1) is 0 Å². The topological polar surface area (TPSA) is 26.7 Å². The van der Waals surface area contributed by atoms with Gasteiger partial charge in [0.25, 0.3) is 0 Å². The molecule has 2 aliphatic heterocycles. The molecule has 0 aromatic heterocycles. The van der Waals surface area contributed by atoms with Gasteiger partial charge < -0.3 is 14.9 Å². The zero-order chi connectivity index (χ0) is 10.6. The number of likely N-dealkylation sites (tertiary alicyclic amines) is 2. The first kappa shape index (κ1) is 14.9. The van der Waals surface area contributed by atoms with Gasteiger partial charge in [-0.05, 0) is 39.4 Å². The molecule has 2 atom stereocenters. The molecule has 3 nitrogen and oxygen atoms in total. The van der Waals surface area contributed by atoms with Crippen LogP contribution in [0.1, 0.15) is 27.2 Å². The molecule has 2 saturated heterocycles. The normalized spacial score (nSPS) is 32.0. The maximum Gasteiger partial charge on any atom is 0.0679 e. The lowest BCUT2D eigenvalue weighted by molar-refractivity contribution is 0.183. The summed E-state index contributed by atoms with van der Waals surface area (Å²) in [6.07, 6.45) is 2.30. The van der Waals surface area contributed by atoms with Crippen molar-refractivity contribution < 1.29 is 5.11 Å². The average molecular weight is 216 g/mol. The Kier molecular flexibility index (Phi) is 7.14. The first-order chi connectivity index (χ1) is 6.58. The van der Waals surface area contributed by atoms with Crippen molar-refractivity contribution in [1.82, 2.24) is 9.80 Å². The summed E-state index contributed by atoms with van der Waals surface area (Å²) in [6.45, 7) is 6.84. The van der Waals surface area contributed by atoms with Gasteiger partial charge in [0.2, 0.25) is 0 Å². The Morgan fingerprint density at radius 3 is 1.67 bits per heavy atom. The Labute approximate surface area is 95.1 Å². The second kappa shape index (κ2) is 7.20. The molecule has 0 bridgehead atoms. The second-order valence-electron chi connectivity index (χ2n) is 4.86. The number of rotatable bonds is 0. The molecule has 0 amide bonds. The van der Waals surface area contributed by atoms with Crippen molar-refractivity contribution in [3.63, 3.8) is 0 Å². The number of aliphatic hydroxyl groups is 1. The Hall–Kier alpha value is -0.120. The molecule has 0 radical (unpaired) electrons. The summed E-state index contributed by atoms with van der Waals surface area (Å²) in [5, 5.41) is 8.86. The van der Waals surface area contributed by atoms with Crippen LogP contribution in [-0.2, 0) is 0 Å². The molecule has 2 unspecified atom stereocenters. The number of hydrogen-bond donors (Lipinski definition) is 1. The third-order valence-corrected chi connectivity index (χ3v) is 2.99. The number of hydrogen-bond acceptors (Lipinski definition) is 3. The van der Waals surface area contributed by atoms with E-state index in [0.29, 0.717) is 0 Å². The number of aliphatic hydroxyl groups excluding tert-OH is 1. The van der Waals surface area contributed by atoms with Crippen LogP contribution in [0.5, 0.6) is 0 Å². The van der Waals surface area contributed by atoms with Crippen molar-refractivity contribution in [3.8, 4) is 0 Å². The van der Waals surface area contributed by atoms with Crippen LogP contribution in [0.2, 0.25) is 0 Å². The van der Waals surface area contributed by atoms with Crippen molar-refractivity contribution >= 4 is 0 Å². The van der Waals surface area contributed by atoms with Crippen molar-refractivity contribution in [3.05, 3.63) is 0 Å². The monoisotopic (exact) mass is 216 g/mol. The molecule has 0 aromatic rings. The third-order valence-electron chi connectivity index (χ3n) is 2.99. The van der Waals surface area contributed by atoms with Crippen LogP contribution < -0.4 is 0 Å². The number of β-amino-alcohol motifs (C(OH)–C–C–N with tert-alkyl or cyclic N) is 1. The van der Waals surface area contributed by atoms with Crippen molar-refractivity contribution in [1.29, 1.82) is 0 Å². The van der Waals surface area contributed by atoms with Gasteiger partial charge in [-0.25, -0.2) is 0 Å². The summed E-state index contributed by atoms with van der Waals surface area (Å²) < 4.78 is 0. The Balaban J connectivity index is 0.000000245. The van der Waals surface area contributed by atoms with Crippen molar-refractivity contribution in [2.45, 2.75) is 33.3 Å². The highest BCUT2D eigenvalue weighted by molar-refractivity contribution is 4.70. The van der Waals surface area contributed by atoms with Gasteiger partial charge in [0.1, 0.15) is 0 Å². The summed E-state index contributed by atoms with van der Waals surface area (Å²) in [5.41, 5.74) is 0. The quantitative estimate of drug-likeness (QED) is 0.661. The number of nitrogens with zero attached hydrogens (tertiary/aromatic N) is 2. The van der Waals surface area contributed by atoms with Gasteiger partial charge in [0, 0.05) is 19.6 Å². The minimum Gasteiger partial charge on any atom is -0.392 e. The third kappa shape index (κ3) is 6.13. The summed E-state index contributed by atoms with van der Waals surface area (Å²) in [6, 6.07) is 0. The fourth-order valence-electron chi connectivity index (χ4n) is 2.07. The lowest BCUT2D eigenvalue weighted by atomic mass is 10.2. The van der Waals surface area contributed by atoms with Gasteiger partial charge in [-0.1, -0.05) is 14.4 Å². The van der Waals surface area contributed by atoms with Crippen LogP contribution >= 0.6 is 0 Å². The van der Waals surface area contributed by atoms with Crippen LogP contribution in [0.4, 0.5) is 0 Å². The van der Waals surface area contributed by atoms with E-state index in [0.717, 1.165) is 25.4 Å². The molecule has 0 aliphatic carbocycles. The summed E-state index contributed by atoms with van der Waals surface area (Å²) >= 11 is 0. The van der Waals surface area contributed by atoms with E-state index < -0.39 is 0 Å². The standard InChI is InChI=1S/C6H13N.C5H11NO.CH4/c1-6-3-4-7(2)5-6;1-6-3-2-5(7)4-6;/h6H,3-5H2,1-2H3;5,7H,2-4H2,1H3;1H4. The summed E-state index contributed by atoms with van der Waals surface area (Å²) in [4.78, 5) is 4.51. The van der Waals surface area contributed by atoms with Crippen molar-refractivity contribution in [2.75, 3.05) is 40.3 Å². The van der Waals surface area contributed by atoms with E-state index in [2.05, 4.69) is 23.8 Å². The maximum atomic E-state index is 8.86. The van der Waals surface area contributed by atoms with Gasteiger partial charge in [0.05, 0.1) is 6.10 Å². The van der Waals surface area contributed by atoms with Gasteiger partial charge >= 0.3 is 0 Å². The van der Waals surface area contributed by atoms with E-state index in [9.17, 15) is 0 Å². The van der Waals surface area contributed by atoms with Crippen LogP contribution in [0, 0.1) is 5.92 Å². The maximum absolute atomic E-state index is 8.86. The van der Waals surface area contributed by atoms with Crippen LogP contribution in [-0.4, -0.2) is 61.3 Å².